The van der Waals surface area contributed by atoms with Crippen LogP contribution in [-0.4, -0.2) is 35.8 Å². The van der Waals surface area contributed by atoms with Crippen molar-refractivity contribution < 1.29 is 23.2 Å². The number of sulfone groups is 1. The summed E-state index contributed by atoms with van der Waals surface area (Å²) in [5.74, 6) is -2.04. The Kier molecular flexibility index (Phi) is 2.22. The topological polar surface area (TPSA) is 91.8 Å². The second kappa shape index (κ2) is 2.93. The molecule has 1 saturated heterocycles. The second-order valence-corrected chi connectivity index (χ2v) is 4.57. The normalized spacial score (nSPS) is 23.8. The first-order valence-corrected chi connectivity index (χ1v) is 4.93. The predicted octanol–water partition coefficient (Wildman–Crippen LogP) is -0.939. The van der Waals surface area contributed by atoms with Gasteiger partial charge in [-0.2, -0.15) is 5.06 Å². The first-order chi connectivity index (χ1) is 5.90. The van der Waals surface area contributed by atoms with E-state index >= 15 is 0 Å². The van der Waals surface area contributed by atoms with E-state index in [4.69, 9.17) is 5.21 Å². The van der Waals surface area contributed by atoms with Crippen LogP contribution in [0.3, 0.4) is 0 Å². The van der Waals surface area contributed by atoms with Gasteiger partial charge in [-0.25, -0.2) is 8.42 Å². The fourth-order valence-corrected chi connectivity index (χ4v) is 1.95. The molecule has 0 aliphatic carbocycles. The van der Waals surface area contributed by atoms with Gasteiger partial charge in [-0.3, -0.25) is 14.8 Å². The summed E-state index contributed by atoms with van der Waals surface area (Å²) in [6.07, 6.45) is -0.524. The van der Waals surface area contributed by atoms with E-state index in [-0.39, 0.29) is 5.06 Å². The molecule has 2 amide bonds. The van der Waals surface area contributed by atoms with Gasteiger partial charge in [-0.15, -0.1) is 0 Å². The van der Waals surface area contributed by atoms with E-state index in [1.54, 1.807) is 0 Å². The highest BCUT2D eigenvalue weighted by Crippen LogP contribution is 2.19. The van der Waals surface area contributed by atoms with Gasteiger partial charge in [0.15, 0.2) is 15.1 Å². The van der Waals surface area contributed by atoms with E-state index in [0.29, 0.717) is 5.41 Å². The van der Waals surface area contributed by atoms with Gasteiger partial charge in [0, 0.05) is 5.41 Å². The molecule has 0 aromatic rings. The van der Waals surface area contributed by atoms with Crippen LogP contribution < -0.4 is 0 Å². The van der Waals surface area contributed by atoms with E-state index < -0.39 is 33.3 Å². The first-order valence-electron chi connectivity index (χ1n) is 3.32. The number of hydrogen-bond donors (Lipinski definition) is 1. The van der Waals surface area contributed by atoms with Gasteiger partial charge in [0.05, 0.1) is 6.42 Å². The number of nitrogens with zero attached hydrogens (tertiary/aromatic N) is 1. The van der Waals surface area contributed by atoms with Crippen LogP contribution in [0.2, 0.25) is 0 Å². The molecule has 0 radical (unpaired) electrons. The Labute approximate surface area is 74.3 Å². The van der Waals surface area contributed by atoms with Gasteiger partial charge < -0.3 is 0 Å². The standard InChI is InChI=1S/C6H7NO5S/c1-2-13(11,12)4-3-5(8)7(10)6(4)9/h2,4,10H,1,3H2. The molecule has 0 aromatic heterocycles. The van der Waals surface area contributed by atoms with Crippen molar-refractivity contribution in [2.75, 3.05) is 0 Å². The van der Waals surface area contributed by atoms with Crippen LogP contribution in [0.5, 0.6) is 0 Å². The minimum atomic E-state index is -3.82. The molecule has 1 fully saturated rings. The Bertz CT molecular complexity index is 370. The lowest BCUT2D eigenvalue weighted by Gasteiger charge is -2.04. The molecule has 0 bridgehead atoms. The molecule has 1 unspecified atom stereocenters. The summed E-state index contributed by atoms with van der Waals surface area (Å²) in [6, 6.07) is 0. The fourth-order valence-electron chi connectivity index (χ4n) is 0.965. The van der Waals surface area contributed by atoms with E-state index in [9.17, 15) is 18.0 Å². The number of amides is 2. The Balaban J connectivity index is 3.06. The lowest BCUT2D eigenvalue weighted by Crippen LogP contribution is -2.31. The van der Waals surface area contributed by atoms with Crippen molar-refractivity contribution >= 4 is 21.7 Å². The van der Waals surface area contributed by atoms with Crippen LogP contribution in [0, 0.1) is 0 Å². The van der Waals surface area contributed by atoms with E-state index in [2.05, 4.69) is 6.58 Å². The Morgan fingerprint density at radius 1 is 1.54 bits per heavy atom. The molecule has 1 heterocycles. The molecule has 13 heavy (non-hydrogen) atoms. The summed E-state index contributed by atoms with van der Waals surface area (Å²) in [6.45, 7) is 3.01. The zero-order chi connectivity index (χ0) is 10.2. The molecular formula is C6H7NO5S. The number of hydrogen-bond acceptors (Lipinski definition) is 5. The number of carbonyl (C=O) groups is 2. The summed E-state index contributed by atoms with van der Waals surface area (Å²) in [5.41, 5.74) is 0. The molecule has 1 rings (SSSR count). The van der Waals surface area contributed by atoms with Crippen molar-refractivity contribution in [3.63, 3.8) is 0 Å². The van der Waals surface area contributed by atoms with Crippen molar-refractivity contribution in [3.05, 3.63) is 12.0 Å². The van der Waals surface area contributed by atoms with E-state index in [1.807, 2.05) is 0 Å². The molecule has 1 aliphatic rings. The molecule has 6 nitrogen and oxygen atoms in total. The number of hydroxylamine groups is 2. The Hall–Kier alpha value is -1.21. The third-order valence-electron chi connectivity index (χ3n) is 1.71. The average Bonchev–Trinajstić information content (AvgIpc) is 2.33. The first kappa shape index (κ1) is 9.87. The third kappa shape index (κ3) is 1.47. The highest BCUT2D eigenvalue weighted by atomic mass is 32.2. The number of rotatable bonds is 2. The van der Waals surface area contributed by atoms with Crippen LogP contribution in [0.4, 0.5) is 0 Å². The van der Waals surface area contributed by atoms with Gasteiger partial charge in [-0.1, -0.05) is 6.58 Å². The van der Waals surface area contributed by atoms with Crippen LogP contribution in [0.1, 0.15) is 6.42 Å². The Morgan fingerprint density at radius 2 is 2.08 bits per heavy atom. The van der Waals surface area contributed by atoms with Gasteiger partial charge in [0.25, 0.3) is 11.8 Å². The fraction of sp³-hybridized carbons (Fsp3) is 0.333. The Morgan fingerprint density at radius 3 is 2.38 bits per heavy atom. The highest BCUT2D eigenvalue weighted by molar-refractivity contribution is 7.95. The maximum Gasteiger partial charge on any atom is 0.272 e. The summed E-state index contributed by atoms with van der Waals surface area (Å²) in [5, 5.41) is 7.64. The van der Waals surface area contributed by atoms with Gasteiger partial charge in [0.2, 0.25) is 0 Å². The summed E-state index contributed by atoms with van der Waals surface area (Å²) in [7, 11) is -3.82. The van der Waals surface area contributed by atoms with Gasteiger partial charge in [-0.05, 0) is 0 Å². The number of imide groups is 1. The minimum Gasteiger partial charge on any atom is -0.278 e. The number of carbonyl (C=O) groups excluding carboxylic acids is 2. The molecule has 1 atom stereocenters. The summed E-state index contributed by atoms with van der Waals surface area (Å²) < 4.78 is 22.1. The zero-order valence-corrected chi connectivity index (χ0v) is 7.32. The molecule has 0 spiro atoms. The lowest BCUT2D eigenvalue weighted by molar-refractivity contribution is -0.170. The average molecular weight is 205 g/mol. The van der Waals surface area contributed by atoms with Crippen molar-refractivity contribution in [2.24, 2.45) is 0 Å². The van der Waals surface area contributed by atoms with Crippen molar-refractivity contribution in [1.29, 1.82) is 0 Å². The maximum absolute atomic E-state index is 11.1. The van der Waals surface area contributed by atoms with Crippen LogP contribution in [0.25, 0.3) is 0 Å². The zero-order valence-electron chi connectivity index (χ0n) is 6.50. The van der Waals surface area contributed by atoms with E-state index in [1.165, 1.54) is 0 Å². The summed E-state index contributed by atoms with van der Waals surface area (Å²) >= 11 is 0. The van der Waals surface area contributed by atoms with Crippen LogP contribution in [-0.2, 0) is 19.4 Å². The molecule has 0 aromatic carbocycles. The van der Waals surface area contributed by atoms with Crippen LogP contribution >= 0.6 is 0 Å². The second-order valence-electron chi connectivity index (χ2n) is 2.49. The largest absolute Gasteiger partial charge is 0.278 e. The van der Waals surface area contributed by atoms with Gasteiger partial charge in [0.1, 0.15) is 0 Å². The van der Waals surface area contributed by atoms with Crippen LogP contribution in [0.15, 0.2) is 12.0 Å². The molecule has 1 N–H and O–H groups in total. The van der Waals surface area contributed by atoms with E-state index in [0.717, 1.165) is 0 Å². The monoisotopic (exact) mass is 205 g/mol. The highest BCUT2D eigenvalue weighted by Gasteiger charge is 2.44. The SMILES string of the molecule is C=CS(=O)(=O)C1CC(=O)N(O)C1=O. The molecule has 72 valence electrons. The minimum absolute atomic E-state index is 0.175. The predicted molar refractivity (Wildman–Crippen MR) is 41.2 cm³/mol. The maximum atomic E-state index is 11.1. The smallest absolute Gasteiger partial charge is 0.272 e. The molecular weight excluding hydrogens is 198 g/mol. The van der Waals surface area contributed by atoms with Crippen molar-refractivity contribution in [3.8, 4) is 0 Å². The quantitative estimate of drug-likeness (QED) is 0.464. The lowest BCUT2D eigenvalue weighted by atomic mass is 10.4. The van der Waals surface area contributed by atoms with Gasteiger partial charge >= 0.3 is 0 Å². The van der Waals surface area contributed by atoms with Crippen molar-refractivity contribution in [1.82, 2.24) is 5.06 Å². The molecule has 0 saturated carbocycles. The molecule has 1 aliphatic heterocycles. The van der Waals surface area contributed by atoms with Crippen molar-refractivity contribution in [2.45, 2.75) is 11.7 Å². The summed E-state index contributed by atoms with van der Waals surface area (Å²) in [4.78, 5) is 21.7. The third-order valence-corrected chi connectivity index (χ3v) is 3.34. The molecule has 7 heteroatoms.